The normalized spacial score (nSPS) is 26.1. The molecule has 0 bridgehead atoms. The molecule has 0 spiro atoms. The van der Waals surface area contributed by atoms with Gasteiger partial charge in [0.25, 0.3) is 5.89 Å². The molecule has 27 heavy (non-hydrogen) atoms. The molecule has 2 aromatic heterocycles. The summed E-state index contributed by atoms with van der Waals surface area (Å²) >= 11 is 0. The van der Waals surface area contributed by atoms with Gasteiger partial charge in [0, 0.05) is 37.9 Å². The molecule has 146 valence electrons. The number of anilines is 1. The van der Waals surface area contributed by atoms with Crippen LogP contribution in [0.15, 0.2) is 22.9 Å². The first-order chi connectivity index (χ1) is 13.1. The van der Waals surface area contributed by atoms with Crippen LogP contribution in [0.4, 0.5) is 14.6 Å². The Morgan fingerprint density at radius 1 is 1.26 bits per heavy atom. The summed E-state index contributed by atoms with van der Waals surface area (Å²) in [6.07, 6.45) is 3.49. The molecule has 0 N–H and O–H groups in total. The highest BCUT2D eigenvalue weighted by molar-refractivity contribution is 5.59. The third kappa shape index (κ3) is 3.54. The van der Waals surface area contributed by atoms with Gasteiger partial charge in [0.1, 0.15) is 11.4 Å². The molecule has 0 radical (unpaired) electrons. The summed E-state index contributed by atoms with van der Waals surface area (Å²) < 4.78 is 37.1. The number of methoxy groups -OCH3 is 1. The summed E-state index contributed by atoms with van der Waals surface area (Å²) in [5.41, 5.74) is 0.0518. The zero-order valence-corrected chi connectivity index (χ0v) is 15.4. The van der Waals surface area contributed by atoms with E-state index in [1.807, 2.05) is 12.1 Å². The van der Waals surface area contributed by atoms with Crippen molar-refractivity contribution in [3.05, 3.63) is 24.2 Å². The van der Waals surface area contributed by atoms with Gasteiger partial charge < -0.3 is 14.2 Å². The van der Waals surface area contributed by atoms with Crippen molar-refractivity contribution in [3.8, 4) is 11.4 Å². The first kappa shape index (κ1) is 18.3. The van der Waals surface area contributed by atoms with E-state index in [9.17, 15) is 8.78 Å². The number of alkyl halides is 2. The molecule has 4 rings (SSSR count). The minimum absolute atomic E-state index is 0.368. The van der Waals surface area contributed by atoms with Crippen LogP contribution in [0.1, 0.15) is 44.4 Å². The topological polar surface area (TPSA) is 64.3 Å². The molecule has 8 heteroatoms. The first-order valence-corrected chi connectivity index (χ1v) is 9.50. The predicted molar refractivity (Wildman–Crippen MR) is 95.6 cm³/mol. The second-order valence-electron chi connectivity index (χ2n) is 7.39. The van der Waals surface area contributed by atoms with Crippen molar-refractivity contribution < 1.29 is 18.0 Å². The Hall–Kier alpha value is -2.09. The molecule has 2 aromatic rings. The van der Waals surface area contributed by atoms with Gasteiger partial charge in [-0.3, -0.25) is 0 Å². The molecule has 0 aromatic carbocycles. The minimum atomic E-state index is -2.29. The molecule has 3 heterocycles. The first-order valence-electron chi connectivity index (χ1n) is 9.50. The monoisotopic (exact) mass is 378 g/mol. The van der Waals surface area contributed by atoms with Crippen molar-refractivity contribution in [2.45, 2.75) is 50.6 Å². The highest BCUT2D eigenvalue weighted by atomic mass is 19.3. The van der Waals surface area contributed by atoms with Crippen molar-refractivity contribution in [3.63, 3.8) is 0 Å². The van der Waals surface area contributed by atoms with Gasteiger partial charge in [-0.1, -0.05) is 5.16 Å². The van der Waals surface area contributed by atoms with Crippen LogP contribution >= 0.6 is 0 Å². The number of halogens is 2. The molecule has 2 fully saturated rings. The quantitative estimate of drug-likeness (QED) is 0.783. The molecule has 1 saturated carbocycles. The van der Waals surface area contributed by atoms with Gasteiger partial charge in [-0.25, -0.2) is 13.8 Å². The highest BCUT2D eigenvalue weighted by Crippen LogP contribution is 2.43. The van der Waals surface area contributed by atoms with Gasteiger partial charge in [-0.05, 0) is 50.7 Å². The number of aromatic nitrogens is 3. The summed E-state index contributed by atoms with van der Waals surface area (Å²) in [4.78, 5) is 11.2. The average molecular weight is 378 g/mol. The van der Waals surface area contributed by atoms with Gasteiger partial charge in [0.2, 0.25) is 12.2 Å². The number of rotatable bonds is 5. The third-order valence-electron chi connectivity index (χ3n) is 5.83. The van der Waals surface area contributed by atoms with Crippen molar-refractivity contribution in [2.75, 3.05) is 25.1 Å². The van der Waals surface area contributed by atoms with Crippen molar-refractivity contribution in [1.29, 1.82) is 0 Å². The molecule has 6 nitrogen and oxygen atoms in total. The third-order valence-corrected chi connectivity index (χ3v) is 5.83. The van der Waals surface area contributed by atoms with E-state index in [1.54, 1.807) is 13.3 Å². The standard InChI is InChI=1S/C19H24F2N4O2/c1-26-19(7-4-13(5-8-19)16(20)21)18-23-17(24-27-18)14-6-9-22-15(12-14)25-10-2-3-11-25/h6,9,12-13,16H,2-5,7-8,10-11H2,1H3. The number of hydrogen-bond donors (Lipinski definition) is 0. The second kappa shape index (κ2) is 7.50. The Kier molecular flexibility index (Phi) is 5.08. The number of hydrogen-bond acceptors (Lipinski definition) is 6. The van der Waals surface area contributed by atoms with Gasteiger partial charge in [-0.15, -0.1) is 0 Å². The van der Waals surface area contributed by atoms with Gasteiger partial charge in [0.05, 0.1) is 0 Å². The molecule has 1 aliphatic heterocycles. The Balaban J connectivity index is 1.55. The van der Waals surface area contributed by atoms with Gasteiger partial charge >= 0.3 is 0 Å². The van der Waals surface area contributed by atoms with E-state index in [0.717, 1.165) is 24.5 Å². The molecular formula is C19H24F2N4O2. The largest absolute Gasteiger partial charge is 0.368 e. The fourth-order valence-electron chi connectivity index (χ4n) is 4.07. The SMILES string of the molecule is COC1(c2nc(-c3ccnc(N4CCCC4)c3)no2)CCC(C(F)F)CC1. The Morgan fingerprint density at radius 3 is 2.67 bits per heavy atom. The van der Waals surface area contributed by atoms with E-state index < -0.39 is 17.9 Å². The molecular weight excluding hydrogens is 354 g/mol. The zero-order valence-electron chi connectivity index (χ0n) is 15.4. The van der Waals surface area contributed by atoms with E-state index >= 15 is 0 Å². The van der Waals surface area contributed by atoms with Crippen LogP contribution in [0.3, 0.4) is 0 Å². The number of ether oxygens (including phenoxy) is 1. The maximum absolute atomic E-state index is 13.0. The molecule has 0 amide bonds. The van der Waals surface area contributed by atoms with Crippen molar-refractivity contribution >= 4 is 5.82 Å². The fraction of sp³-hybridized carbons (Fsp3) is 0.632. The van der Waals surface area contributed by atoms with E-state index in [0.29, 0.717) is 37.4 Å². The lowest BCUT2D eigenvalue weighted by Crippen LogP contribution is -2.35. The van der Waals surface area contributed by atoms with E-state index in [4.69, 9.17) is 9.26 Å². The van der Waals surface area contributed by atoms with E-state index in [2.05, 4.69) is 20.0 Å². The lowest BCUT2D eigenvalue weighted by molar-refractivity contribution is -0.0910. The Bertz CT molecular complexity index is 769. The second-order valence-corrected chi connectivity index (χ2v) is 7.39. The minimum Gasteiger partial charge on any atom is -0.368 e. The summed E-state index contributed by atoms with van der Waals surface area (Å²) in [5.74, 6) is 1.17. The van der Waals surface area contributed by atoms with Crippen LogP contribution in [-0.4, -0.2) is 41.7 Å². The van der Waals surface area contributed by atoms with Crippen LogP contribution in [0.25, 0.3) is 11.4 Å². The zero-order chi connectivity index (χ0) is 18.9. The molecule has 0 atom stereocenters. The summed E-state index contributed by atoms with van der Waals surface area (Å²) in [6, 6.07) is 3.81. The molecule has 1 aliphatic carbocycles. The van der Waals surface area contributed by atoms with E-state index in [-0.39, 0.29) is 0 Å². The van der Waals surface area contributed by atoms with Crippen LogP contribution < -0.4 is 4.90 Å². The Labute approximate surface area is 156 Å². The summed E-state index contributed by atoms with van der Waals surface area (Å²) in [5, 5.41) is 4.12. The van der Waals surface area contributed by atoms with Crippen molar-refractivity contribution in [2.24, 2.45) is 5.92 Å². The van der Waals surface area contributed by atoms with Crippen molar-refractivity contribution in [1.82, 2.24) is 15.1 Å². The lowest BCUT2D eigenvalue weighted by atomic mass is 9.78. The highest BCUT2D eigenvalue weighted by Gasteiger charge is 2.43. The van der Waals surface area contributed by atoms with Gasteiger partial charge in [0.15, 0.2) is 0 Å². The number of nitrogens with zero attached hydrogens (tertiary/aromatic N) is 4. The lowest BCUT2D eigenvalue weighted by Gasteiger charge is -2.35. The number of pyridine rings is 1. The fourth-order valence-corrected chi connectivity index (χ4v) is 4.07. The van der Waals surface area contributed by atoms with E-state index in [1.165, 1.54) is 12.8 Å². The van der Waals surface area contributed by atoms with Crippen LogP contribution in [0.5, 0.6) is 0 Å². The Morgan fingerprint density at radius 2 is 2.00 bits per heavy atom. The smallest absolute Gasteiger partial charge is 0.259 e. The molecule has 2 aliphatic rings. The average Bonchev–Trinajstić information content (AvgIpc) is 3.40. The summed E-state index contributed by atoms with van der Waals surface area (Å²) in [6.45, 7) is 2.01. The molecule has 0 unspecified atom stereocenters. The molecule has 1 saturated heterocycles. The summed E-state index contributed by atoms with van der Waals surface area (Å²) in [7, 11) is 1.57. The maximum atomic E-state index is 13.0. The van der Waals surface area contributed by atoms with Crippen LogP contribution in [0, 0.1) is 5.92 Å². The van der Waals surface area contributed by atoms with Crippen LogP contribution in [0.2, 0.25) is 0 Å². The predicted octanol–water partition coefficient (Wildman–Crippen LogP) is 4.03. The maximum Gasteiger partial charge on any atom is 0.259 e. The van der Waals surface area contributed by atoms with Crippen LogP contribution in [-0.2, 0) is 10.3 Å². The van der Waals surface area contributed by atoms with Gasteiger partial charge in [-0.2, -0.15) is 4.98 Å².